The third-order valence-corrected chi connectivity index (χ3v) is 5.22. The lowest BCUT2D eigenvalue weighted by atomic mass is 9.78. The molecule has 0 aromatic heterocycles. The second-order valence-electron chi connectivity index (χ2n) is 9.66. The third kappa shape index (κ3) is 7.55. The Balaban J connectivity index is 2.75. The van der Waals surface area contributed by atoms with Crippen molar-refractivity contribution in [2.24, 2.45) is 0 Å². The van der Waals surface area contributed by atoms with Crippen LogP contribution in [0.3, 0.4) is 0 Å². The van der Waals surface area contributed by atoms with Gasteiger partial charge in [0.15, 0.2) is 0 Å². The van der Waals surface area contributed by atoms with Crippen molar-refractivity contribution in [3.63, 3.8) is 0 Å². The van der Waals surface area contributed by atoms with Crippen molar-refractivity contribution < 1.29 is 28.6 Å². The SMILES string of the molecule is CCOC(=O)C1=C(C)NC(CN(C)C)=C(C(=O)OCC)[C@H]1c1ccccc1/C=C/C(=O)OC(C)(C)C. The number of ether oxygens (including phenoxy) is 3. The summed E-state index contributed by atoms with van der Waals surface area (Å²) in [5, 5.41) is 3.25. The maximum absolute atomic E-state index is 13.3. The molecule has 0 bridgehead atoms. The summed E-state index contributed by atoms with van der Waals surface area (Å²) in [6.07, 6.45) is 2.98. The molecule has 1 heterocycles. The van der Waals surface area contributed by atoms with E-state index in [1.807, 2.05) is 43.3 Å². The van der Waals surface area contributed by atoms with E-state index in [-0.39, 0.29) is 13.2 Å². The summed E-state index contributed by atoms with van der Waals surface area (Å²) in [5.41, 5.74) is 2.58. The van der Waals surface area contributed by atoms with Crippen molar-refractivity contribution in [2.75, 3.05) is 33.9 Å². The van der Waals surface area contributed by atoms with E-state index in [1.165, 1.54) is 6.08 Å². The molecule has 8 nitrogen and oxygen atoms in total. The molecule has 2 rings (SSSR count). The van der Waals surface area contributed by atoms with E-state index < -0.39 is 29.4 Å². The molecule has 1 aromatic rings. The summed E-state index contributed by atoms with van der Waals surface area (Å²) in [5.74, 6) is -2.30. The van der Waals surface area contributed by atoms with Gasteiger partial charge in [0.25, 0.3) is 0 Å². The first-order chi connectivity index (χ1) is 16.9. The highest BCUT2D eigenvalue weighted by molar-refractivity contribution is 6.00. The van der Waals surface area contributed by atoms with E-state index in [2.05, 4.69) is 5.32 Å². The lowest BCUT2D eigenvalue weighted by Gasteiger charge is -2.33. The average molecular weight is 499 g/mol. The van der Waals surface area contributed by atoms with Crippen molar-refractivity contribution in [1.82, 2.24) is 10.2 Å². The Hall–Kier alpha value is -3.39. The molecule has 0 saturated heterocycles. The zero-order valence-corrected chi connectivity index (χ0v) is 22.6. The fraction of sp³-hybridized carbons (Fsp3) is 0.464. The molecule has 1 aliphatic rings. The van der Waals surface area contributed by atoms with Crippen LogP contribution in [0.15, 0.2) is 52.9 Å². The van der Waals surface area contributed by atoms with Crippen LogP contribution in [-0.4, -0.2) is 62.3 Å². The maximum Gasteiger partial charge on any atom is 0.336 e. The van der Waals surface area contributed by atoms with Gasteiger partial charge in [0.2, 0.25) is 0 Å². The van der Waals surface area contributed by atoms with Gasteiger partial charge in [-0.1, -0.05) is 24.3 Å². The molecular weight excluding hydrogens is 460 g/mol. The van der Waals surface area contributed by atoms with Crippen LogP contribution in [0.4, 0.5) is 0 Å². The van der Waals surface area contributed by atoms with E-state index in [0.717, 1.165) is 0 Å². The number of carbonyl (C=O) groups is 3. The highest BCUT2D eigenvalue weighted by atomic mass is 16.6. The van der Waals surface area contributed by atoms with Gasteiger partial charge in [-0.05, 0) is 72.8 Å². The molecule has 0 radical (unpaired) electrons. The van der Waals surface area contributed by atoms with E-state index in [1.54, 1.807) is 47.6 Å². The van der Waals surface area contributed by atoms with Crippen molar-refractivity contribution in [1.29, 1.82) is 0 Å². The van der Waals surface area contributed by atoms with Gasteiger partial charge in [-0.25, -0.2) is 14.4 Å². The topological polar surface area (TPSA) is 94.2 Å². The Labute approximate surface area is 214 Å². The molecule has 0 amide bonds. The quantitative estimate of drug-likeness (QED) is 0.311. The van der Waals surface area contributed by atoms with E-state index in [9.17, 15) is 14.4 Å². The van der Waals surface area contributed by atoms with E-state index >= 15 is 0 Å². The number of carbonyl (C=O) groups excluding carboxylic acids is 3. The molecule has 1 atom stereocenters. The van der Waals surface area contributed by atoms with Crippen LogP contribution in [-0.2, 0) is 28.6 Å². The zero-order chi connectivity index (χ0) is 27.0. The summed E-state index contributed by atoms with van der Waals surface area (Å²) >= 11 is 0. The Morgan fingerprint density at radius 1 is 1.00 bits per heavy atom. The fourth-order valence-corrected chi connectivity index (χ4v) is 4.00. The highest BCUT2D eigenvalue weighted by Crippen LogP contribution is 2.41. The van der Waals surface area contributed by atoms with Crippen LogP contribution in [0.2, 0.25) is 0 Å². The van der Waals surface area contributed by atoms with Gasteiger partial charge in [0.05, 0.1) is 30.3 Å². The smallest absolute Gasteiger partial charge is 0.336 e. The van der Waals surface area contributed by atoms with Gasteiger partial charge in [-0.2, -0.15) is 0 Å². The van der Waals surface area contributed by atoms with Crippen molar-refractivity contribution in [3.8, 4) is 0 Å². The molecular formula is C28H38N2O6. The van der Waals surface area contributed by atoms with Crippen LogP contribution in [0, 0.1) is 0 Å². The minimum atomic E-state index is -0.765. The standard InChI is InChI=1S/C28H38N2O6/c1-9-34-26(32)23-18(3)29-21(17-30(7)8)25(27(33)35-10-2)24(23)20-14-12-11-13-19(20)15-16-22(31)36-28(4,5)6/h11-16,24,29H,9-10,17H2,1-8H3/b16-15+/t24-/m0/s1. The summed E-state index contributed by atoms with van der Waals surface area (Å²) in [7, 11) is 3.79. The number of likely N-dealkylation sites (N-methyl/N-ethyl adjacent to an activating group) is 1. The van der Waals surface area contributed by atoms with Crippen LogP contribution < -0.4 is 5.32 Å². The number of nitrogens with zero attached hydrogens (tertiary/aromatic N) is 1. The zero-order valence-electron chi connectivity index (χ0n) is 22.6. The van der Waals surface area contributed by atoms with Crippen LogP contribution in [0.25, 0.3) is 6.08 Å². The van der Waals surface area contributed by atoms with E-state index in [0.29, 0.717) is 40.2 Å². The molecule has 0 saturated carbocycles. The van der Waals surface area contributed by atoms with Crippen molar-refractivity contribution in [3.05, 3.63) is 64.0 Å². The minimum Gasteiger partial charge on any atom is -0.463 e. The largest absolute Gasteiger partial charge is 0.463 e. The predicted molar refractivity (Wildman–Crippen MR) is 139 cm³/mol. The first kappa shape index (κ1) is 28.8. The summed E-state index contributed by atoms with van der Waals surface area (Å²) < 4.78 is 16.2. The molecule has 1 aliphatic heterocycles. The Bertz CT molecular complexity index is 1080. The molecule has 36 heavy (non-hydrogen) atoms. The van der Waals surface area contributed by atoms with Crippen molar-refractivity contribution in [2.45, 2.75) is 53.1 Å². The number of allylic oxidation sites excluding steroid dienone is 1. The second kappa shape index (κ2) is 12.5. The Kier molecular flexibility index (Phi) is 10.0. The first-order valence-corrected chi connectivity index (χ1v) is 12.1. The number of rotatable bonds is 9. The maximum atomic E-state index is 13.3. The molecule has 1 N–H and O–H groups in total. The number of esters is 3. The Morgan fingerprint density at radius 2 is 1.58 bits per heavy atom. The number of nitrogens with one attached hydrogen (secondary N) is 1. The van der Waals surface area contributed by atoms with Gasteiger partial charge in [-0.15, -0.1) is 0 Å². The van der Waals surface area contributed by atoms with Crippen LogP contribution in [0.1, 0.15) is 58.6 Å². The molecule has 0 spiro atoms. The van der Waals surface area contributed by atoms with Gasteiger partial charge in [0.1, 0.15) is 5.60 Å². The first-order valence-electron chi connectivity index (χ1n) is 12.1. The lowest BCUT2D eigenvalue weighted by molar-refractivity contribution is -0.148. The number of hydrogen-bond acceptors (Lipinski definition) is 8. The van der Waals surface area contributed by atoms with Crippen LogP contribution >= 0.6 is 0 Å². The third-order valence-electron chi connectivity index (χ3n) is 5.22. The Morgan fingerprint density at radius 3 is 2.14 bits per heavy atom. The number of benzene rings is 1. The molecule has 0 unspecified atom stereocenters. The second-order valence-corrected chi connectivity index (χ2v) is 9.66. The summed E-state index contributed by atoms with van der Waals surface area (Å²) in [6, 6.07) is 7.32. The van der Waals surface area contributed by atoms with Gasteiger partial charge in [0, 0.05) is 24.0 Å². The predicted octanol–water partition coefficient (Wildman–Crippen LogP) is 3.94. The highest BCUT2D eigenvalue weighted by Gasteiger charge is 2.39. The monoisotopic (exact) mass is 498 g/mol. The lowest BCUT2D eigenvalue weighted by Crippen LogP contribution is -2.37. The van der Waals surface area contributed by atoms with Gasteiger partial charge in [-0.3, -0.25) is 0 Å². The van der Waals surface area contributed by atoms with Crippen molar-refractivity contribution >= 4 is 24.0 Å². The summed E-state index contributed by atoms with van der Waals surface area (Å²) in [4.78, 5) is 40.8. The molecule has 1 aromatic carbocycles. The van der Waals surface area contributed by atoms with Gasteiger partial charge >= 0.3 is 17.9 Å². The van der Waals surface area contributed by atoms with Crippen LogP contribution in [0.5, 0.6) is 0 Å². The molecule has 0 fully saturated rings. The summed E-state index contributed by atoms with van der Waals surface area (Å²) in [6.45, 7) is 11.4. The molecule has 196 valence electrons. The normalized spacial score (nSPS) is 16.3. The number of dihydropyridines is 1. The van der Waals surface area contributed by atoms with E-state index in [4.69, 9.17) is 14.2 Å². The van der Waals surface area contributed by atoms with Gasteiger partial charge < -0.3 is 24.4 Å². The molecule has 0 aliphatic carbocycles. The average Bonchev–Trinajstić information content (AvgIpc) is 2.76. The minimum absolute atomic E-state index is 0.182. The number of hydrogen-bond donors (Lipinski definition) is 1. The molecule has 8 heteroatoms. The fourth-order valence-electron chi connectivity index (χ4n) is 4.00.